The van der Waals surface area contributed by atoms with E-state index in [1.54, 1.807) is 31.0 Å². The number of likely N-dealkylation sites (tertiary alicyclic amines) is 1. The fourth-order valence-electron chi connectivity index (χ4n) is 5.67. The number of anilines is 1. The molecular weight excluding hydrogens is 565 g/mol. The average molecular weight is 604 g/mol. The van der Waals surface area contributed by atoms with E-state index in [9.17, 15) is 4.39 Å². The van der Waals surface area contributed by atoms with E-state index in [0.29, 0.717) is 17.0 Å². The van der Waals surface area contributed by atoms with Gasteiger partial charge in [0, 0.05) is 34.6 Å². The van der Waals surface area contributed by atoms with Crippen molar-refractivity contribution >= 4 is 27.6 Å². The molecule has 0 unspecified atom stereocenters. The largest absolute Gasteiger partial charge is 0.358 e. The van der Waals surface area contributed by atoms with Gasteiger partial charge in [-0.2, -0.15) is 5.10 Å². The van der Waals surface area contributed by atoms with Gasteiger partial charge in [0.25, 0.3) is 0 Å². The van der Waals surface area contributed by atoms with Gasteiger partial charge in [-0.25, -0.2) is 9.37 Å². The minimum atomic E-state index is -0.297. The van der Waals surface area contributed by atoms with Crippen LogP contribution < -0.4 is 5.32 Å². The van der Waals surface area contributed by atoms with Gasteiger partial charge in [-0.3, -0.25) is 20.1 Å². The first-order valence-electron chi connectivity index (χ1n) is 15.5. The van der Waals surface area contributed by atoms with E-state index < -0.39 is 0 Å². The van der Waals surface area contributed by atoms with Crippen molar-refractivity contribution in [3.63, 3.8) is 0 Å². The number of aryl methyl sites for hydroxylation is 1. The quantitative estimate of drug-likeness (QED) is 0.162. The van der Waals surface area contributed by atoms with Crippen molar-refractivity contribution in [3.05, 3.63) is 85.0 Å². The molecule has 5 aromatic heterocycles. The fraction of sp³-hybridized carbons (Fsp3) is 0.286. The van der Waals surface area contributed by atoms with Gasteiger partial charge in [-0.1, -0.05) is 26.5 Å². The second kappa shape index (κ2) is 13.4. The Hall–Kier alpha value is -4.96. The Labute approximate surface area is 262 Å². The second-order valence-corrected chi connectivity index (χ2v) is 11.5. The summed E-state index contributed by atoms with van der Waals surface area (Å²) < 4.78 is 14.1. The standard InChI is InChI=1S/C28H23FN8.C7H15N/c1-4-16(3)33-20-8-18(10-30-11-20)23-9-21-24(14-32-23)36-37-27(21)28-34-25-13-31-12-22(26(25)35-28)17-5-15(2)6-19(29)7-17;1-2-5-8-6-3-4-7-8/h5-14,33H,3-4H2,1-2H3,(H,34,35)(H,36,37);2-7H2,1H3. The van der Waals surface area contributed by atoms with Crippen LogP contribution in [0.25, 0.3) is 55.8 Å². The van der Waals surface area contributed by atoms with E-state index in [1.165, 1.54) is 51.0 Å². The summed E-state index contributed by atoms with van der Waals surface area (Å²) in [5, 5.41) is 11.7. The smallest absolute Gasteiger partial charge is 0.159 e. The SMILES string of the molecule is C=C(CC)Nc1cncc(-c2cc3c(-c4nc5c(-c6cc(C)cc(F)c6)cncc5[nH]4)n[nH]c3cn2)c1.CCCN1CCCC1. The van der Waals surface area contributed by atoms with Crippen molar-refractivity contribution in [2.75, 3.05) is 25.0 Å². The van der Waals surface area contributed by atoms with Gasteiger partial charge in [-0.15, -0.1) is 0 Å². The summed E-state index contributed by atoms with van der Waals surface area (Å²) in [4.78, 5) is 24.0. The molecular formula is C35H38FN9. The number of fused-ring (bicyclic) bond motifs is 2. The number of imidazole rings is 1. The molecule has 1 aliphatic heterocycles. The third kappa shape index (κ3) is 6.76. The van der Waals surface area contributed by atoms with E-state index in [0.717, 1.165) is 62.2 Å². The zero-order chi connectivity index (χ0) is 31.3. The highest BCUT2D eigenvalue weighted by Gasteiger charge is 2.17. The molecule has 6 aromatic rings. The summed E-state index contributed by atoms with van der Waals surface area (Å²) in [5.74, 6) is 0.280. The van der Waals surface area contributed by atoms with Crippen LogP contribution in [0.3, 0.4) is 0 Å². The minimum Gasteiger partial charge on any atom is -0.358 e. The zero-order valence-electron chi connectivity index (χ0n) is 26.0. The third-order valence-electron chi connectivity index (χ3n) is 7.94. The summed E-state index contributed by atoms with van der Waals surface area (Å²) in [6.45, 7) is 14.2. The van der Waals surface area contributed by atoms with Gasteiger partial charge in [0.2, 0.25) is 0 Å². The van der Waals surface area contributed by atoms with E-state index in [4.69, 9.17) is 4.98 Å². The van der Waals surface area contributed by atoms with Crippen LogP contribution in [0, 0.1) is 12.7 Å². The Bertz CT molecular complexity index is 1930. The number of hydrogen-bond donors (Lipinski definition) is 3. The van der Waals surface area contributed by atoms with Crippen LogP contribution in [0.5, 0.6) is 0 Å². The number of H-pyrrole nitrogens is 2. The van der Waals surface area contributed by atoms with Crippen LogP contribution >= 0.6 is 0 Å². The lowest BCUT2D eigenvalue weighted by atomic mass is 10.0. The minimum absolute atomic E-state index is 0.297. The van der Waals surface area contributed by atoms with Crippen LogP contribution in [0.15, 0.2) is 73.6 Å². The molecule has 0 radical (unpaired) electrons. The molecule has 9 nitrogen and oxygen atoms in total. The number of nitrogens with one attached hydrogen (secondary N) is 3. The third-order valence-corrected chi connectivity index (χ3v) is 7.94. The van der Waals surface area contributed by atoms with Crippen LogP contribution in [0.4, 0.5) is 10.1 Å². The predicted molar refractivity (Wildman–Crippen MR) is 179 cm³/mol. The molecule has 230 valence electrons. The van der Waals surface area contributed by atoms with Crippen molar-refractivity contribution in [2.24, 2.45) is 0 Å². The average Bonchev–Trinajstić information content (AvgIpc) is 3.80. The van der Waals surface area contributed by atoms with Crippen LogP contribution in [0.1, 0.15) is 45.1 Å². The molecule has 1 aliphatic rings. The van der Waals surface area contributed by atoms with Crippen molar-refractivity contribution in [3.8, 4) is 33.9 Å². The highest BCUT2D eigenvalue weighted by Crippen LogP contribution is 2.33. The summed E-state index contributed by atoms with van der Waals surface area (Å²) in [7, 11) is 0. The Kier molecular flexibility index (Phi) is 8.93. The lowest BCUT2D eigenvalue weighted by Gasteiger charge is -2.11. The number of nitrogens with zero attached hydrogens (tertiary/aromatic N) is 6. The Balaban J connectivity index is 0.000000390. The Morgan fingerprint density at radius 3 is 2.56 bits per heavy atom. The summed E-state index contributed by atoms with van der Waals surface area (Å²) in [6.07, 6.45) is 13.7. The number of aromatic nitrogens is 7. The van der Waals surface area contributed by atoms with Crippen LogP contribution in [0.2, 0.25) is 0 Å². The summed E-state index contributed by atoms with van der Waals surface area (Å²) in [5.41, 5.74) is 8.52. The van der Waals surface area contributed by atoms with Gasteiger partial charge >= 0.3 is 0 Å². The van der Waals surface area contributed by atoms with E-state index >= 15 is 0 Å². The van der Waals surface area contributed by atoms with Crippen molar-refractivity contribution in [1.82, 2.24) is 40.0 Å². The van der Waals surface area contributed by atoms with Crippen molar-refractivity contribution in [1.29, 1.82) is 0 Å². The molecule has 1 aromatic carbocycles. The number of benzene rings is 1. The van der Waals surface area contributed by atoms with Crippen LogP contribution in [-0.4, -0.2) is 59.7 Å². The van der Waals surface area contributed by atoms with Gasteiger partial charge < -0.3 is 15.2 Å². The van der Waals surface area contributed by atoms with E-state index in [2.05, 4.69) is 53.9 Å². The van der Waals surface area contributed by atoms with E-state index in [1.807, 2.05) is 32.0 Å². The maximum absolute atomic E-state index is 14.1. The lowest BCUT2D eigenvalue weighted by Crippen LogP contribution is -2.19. The molecule has 1 saturated heterocycles. The van der Waals surface area contributed by atoms with Gasteiger partial charge in [0.15, 0.2) is 5.82 Å². The van der Waals surface area contributed by atoms with E-state index in [-0.39, 0.29) is 5.82 Å². The number of aromatic amines is 2. The number of hydrogen-bond acceptors (Lipinski definition) is 7. The van der Waals surface area contributed by atoms with Gasteiger partial charge in [0.1, 0.15) is 11.5 Å². The maximum atomic E-state index is 14.1. The zero-order valence-corrected chi connectivity index (χ0v) is 26.0. The number of allylic oxidation sites excluding steroid dienone is 1. The number of pyridine rings is 3. The Morgan fingerprint density at radius 1 is 0.956 bits per heavy atom. The number of rotatable bonds is 8. The number of halogens is 1. The Morgan fingerprint density at radius 2 is 1.78 bits per heavy atom. The van der Waals surface area contributed by atoms with Crippen molar-refractivity contribution in [2.45, 2.75) is 46.5 Å². The first-order chi connectivity index (χ1) is 21.9. The molecule has 6 heterocycles. The summed E-state index contributed by atoms with van der Waals surface area (Å²) >= 11 is 0. The molecule has 7 rings (SSSR count). The normalized spacial score (nSPS) is 13.2. The molecule has 45 heavy (non-hydrogen) atoms. The van der Waals surface area contributed by atoms with Gasteiger partial charge in [0.05, 0.1) is 46.5 Å². The molecule has 0 amide bonds. The molecule has 0 aliphatic carbocycles. The molecule has 0 bridgehead atoms. The monoisotopic (exact) mass is 603 g/mol. The second-order valence-electron chi connectivity index (χ2n) is 11.5. The molecule has 0 atom stereocenters. The molecule has 3 N–H and O–H groups in total. The van der Waals surface area contributed by atoms with Gasteiger partial charge in [-0.05, 0) is 87.6 Å². The first kappa shape index (κ1) is 30.1. The highest BCUT2D eigenvalue weighted by atomic mass is 19.1. The molecule has 0 spiro atoms. The highest BCUT2D eigenvalue weighted by molar-refractivity contribution is 5.97. The molecule has 0 saturated carbocycles. The molecule has 1 fully saturated rings. The molecule has 10 heteroatoms. The summed E-state index contributed by atoms with van der Waals surface area (Å²) in [6, 6.07) is 8.86. The fourth-order valence-corrected chi connectivity index (χ4v) is 5.67. The first-order valence-corrected chi connectivity index (χ1v) is 15.5. The van der Waals surface area contributed by atoms with Crippen LogP contribution in [-0.2, 0) is 0 Å². The lowest BCUT2D eigenvalue weighted by molar-refractivity contribution is 0.339. The maximum Gasteiger partial charge on any atom is 0.159 e. The predicted octanol–water partition coefficient (Wildman–Crippen LogP) is 7.90. The topological polar surface area (TPSA) is 111 Å². The van der Waals surface area contributed by atoms with Crippen molar-refractivity contribution < 1.29 is 4.39 Å².